The predicted octanol–water partition coefficient (Wildman–Crippen LogP) is 2.79. The number of nitrogens with zero attached hydrogens (tertiary/aromatic N) is 5. The van der Waals surface area contributed by atoms with Crippen molar-refractivity contribution in [3.05, 3.63) is 41.9 Å². The van der Waals surface area contributed by atoms with Crippen LogP contribution in [-0.2, 0) is 0 Å². The summed E-state index contributed by atoms with van der Waals surface area (Å²) in [6.45, 7) is 3.97. The van der Waals surface area contributed by atoms with Crippen molar-refractivity contribution in [2.75, 3.05) is 5.32 Å². The molecule has 176 valence electrons. The third-order valence-electron chi connectivity index (χ3n) is 5.74. The molecule has 4 N–H and O–H groups in total. The Hall–Kier alpha value is -4.20. The molecule has 3 aromatic heterocycles. The zero-order valence-electron chi connectivity index (χ0n) is 18.9. The van der Waals surface area contributed by atoms with Gasteiger partial charge in [-0.15, -0.1) is 0 Å². The molecule has 0 unspecified atom stereocenters. The summed E-state index contributed by atoms with van der Waals surface area (Å²) in [5.41, 5.74) is 3.25. The second-order valence-corrected chi connectivity index (χ2v) is 8.66. The Labute approximate surface area is 196 Å². The van der Waals surface area contributed by atoms with Crippen LogP contribution in [0.4, 0.5) is 10.5 Å². The standard InChI is InChI=1S/C23H26N8O3/c1-13(2)28-18-8-19(20-12-26-21-7-14(9-24)10-27-31(20)21)25-11-17(18)22(32)29-15-3-5-16(6-4-15)30-23(33)34/h7-8,10-13,15-16,30H,3-6H2,1-2H3,(H,25,28)(H,29,32)(H,33,34). The molecule has 4 rings (SSSR count). The second kappa shape index (κ2) is 9.74. The lowest BCUT2D eigenvalue weighted by atomic mass is 9.91. The zero-order chi connectivity index (χ0) is 24.2. The summed E-state index contributed by atoms with van der Waals surface area (Å²) in [6, 6.07) is 5.47. The molecule has 0 bridgehead atoms. The highest BCUT2D eigenvalue weighted by molar-refractivity contribution is 6.00. The number of imidazole rings is 1. The van der Waals surface area contributed by atoms with Crippen molar-refractivity contribution in [3.8, 4) is 17.5 Å². The molecule has 1 saturated carbocycles. The number of amides is 2. The fourth-order valence-electron chi connectivity index (χ4n) is 4.14. The monoisotopic (exact) mass is 462 g/mol. The Kier molecular flexibility index (Phi) is 6.58. The number of hydrogen-bond donors (Lipinski definition) is 4. The van der Waals surface area contributed by atoms with Gasteiger partial charge in [0, 0.05) is 30.4 Å². The number of anilines is 1. The largest absolute Gasteiger partial charge is 0.465 e. The van der Waals surface area contributed by atoms with Gasteiger partial charge >= 0.3 is 6.09 Å². The van der Waals surface area contributed by atoms with Crippen LogP contribution in [0.15, 0.2) is 30.7 Å². The van der Waals surface area contributed by atoms with Gasteiger partial charge in [-0.2, -0.15) is 10.4 Å². The van der Waals surface area contributed by atoms with Gasteiger partial charge < -0.3 is 21.1 Å². The molecule has 11 nitrogen and oxygen atoms in total. The molecular formula is C23H26N8O3. The van der Waals surface area contributed by atoms with Crippen molar-refractivity contribution in [1.82, 2.24) is 30.2 Å². The minimum absolute atomic E-state index is 0.0248. The summed E-state index contributed by atoms with van der Waals surface area (Å²) in [7, 11) is 0. The molecule has 0 spiro atoms. The average molecular weight is 463 g/mol. The van der Waals surface area contributed by atoms with Crippen LogP contribution >= 0.6 is 0 Å². The van der Waals surface area contributed by atoms with Crippen molar-refractivity contribution < 1.29 is 14.7 Å². The smallest absolute Gasteiger partial charge is 0.404 e. The minimum Gasteiger partial charge on any atom is -0.465 e. The summed E-state index contributed by atoms with van der Waals surface area (Å²) in [4.78, 5) is 32.7. The van der Waals surface area contributed by atoms with Crippen molar-refractivity contribution in [3.63, 3.8) is 0 Å². The highest BCUT2D eigenvalue weighted by Gasteiger charge is 2.25. The van der Waals surface area contributed by atoms with Crippen LogP contribution in [0.1, 0.15) is 55.5 Å². The van der Waals surface area contributed by atoms with Gasteiger partial charge in [0.2, 0.25) is 0 Å². The molecule has 0 aliphatic heterocycles. The van der Waals surface area contributed by atoms with Crippen LogP contribution in [0.5, 0.6) is 0 Å². The van der Waals surface area contributed by atoms with Crippen LogP contribution in [-0.4, -0.2) is 54.8 Å². The van der Waals surface area contributed by atoms with E-state index in [1.165, 1.54) is 12.4 Å². The van der Waals surface area contributed by atoms with Gasteiger partial charge in [-0.05, 0) is 45.6 Å². The molecule has 0 atom stereocenters. The van der Waals surface area contributed by atoms with Gasteiger partial charge in [0.25, 0.3) is 5.91 Å². The second-order valence-electron chi connectivity index (χ2n) is 8.66. The Morgan fingerprint density at radius 2 is 1.79 bits per heavy atom. The molecule has 3 heterocycles. The molecule has 1 aliphatic rings. The third-order valence-corrected chi connectivity index (χ3v) is 5.74. The van der Waals surface area contributed by atoms with Gasteiger partial charge in [0.1, 0.15) is 11.8 Å². The number of fused-ring (bicyclic) bond motifs is 1. The van der Waals surface area contributed by atoms with E-state index in [0.29, 0.717) is 59.5 Å². The van der Waals surface area contributed by atoms with E-state index in [4.69, 9.17) is 10.4 Å². The zero-order valence-corrected chi connectivity index (χ0v) is 18.9. The number of carbonyl (C=O) groups is 2. The van der Waals surface area contributed by atoms with Crippen molar-refractivity contribution >= 4 is 23.3 Å². The van der Waals surface area contributed by atoms with Gasteiger partial charge in [-0.25, -0.2) is 14.3 Å². The normalized spacial score (nSPS) is 17.8. The number of hydrogen-bond acceptors (Lipinski definition) is 7. The van der Waals surface area contributed by atoms with Gasteiger partial charge in [0.05, 0.1) is 34.9 Å². The Morgan fingerprint density at radius 3 is 2.44 bits per heavy atom. The SMILES string of the molecule is CC(C)Nc1cc(-c2cnc3cc(C#N)cnn23)ncc1C(=O)NC1CCC(NC(=O)O)CC1. The molecule has 0 saturated heterocycles. The Bertz CT molecular complexity index is 1250. The number of carboxylic acid groups (broad SMARTS) is 1. The van der Waals surface area contributed by atoms with E-state index in [-0.39, 0.29) is 24.0 Å². The molecule has 1 aliphatic carbocycles. The number of nitriles is 1. The van der Waals surface area contributed by atoms with E-state index >= 15 is 0 Å². The van der Waals surface area contributed by atoms with Gasteiger partial charge in [-0.3, -0.25) is 9.78 Å². The lowest BCUT2D eigenvalue weighted by Gasteiger charge is -2.29. The number of nitrogens with one attached hydrogen (secondary N) is 3. The first kappa shape index (κ1) is 23.0. The van der Waals surface area contributed by atoms with Crippen molar-refractivity contribution in [2.45, 2.75) is 57.7 Å². The maximum absolute atomic E-state index is 13.1. The summed E-state index contributed by atoms with van der Waals surface area (Å²) in [6.07, 6.45) is 6.38. The van der Waals surface area contributed by atoms with Crippen LogP contribution in [0.25, 0.3) is 17.0 Å². The van der Waals surface area contributed by atoms with Gasteiger partial charge in [-0.1, -0.05) is 0 Å². The minimum atomic E-state index is -1.02. The molecule has 0 aromatic carbocycles. The lowest BCUT2D eigenvalue weighted by molar-refractivity contribution is 0.0923. The molecule has 3 aromatic rings. The topological polar surface area (TPSA) is 157 Å². The maximum Gasteiger partial charge on any atom is 0.404 e. The summed E-state index contributed by atoms with van der Waals surface area (Å²) >= 11 is 0. The third kappa shape index (κ3) is 5.06. The van der Waals surface area contributed by atoms with E-state index in [9.17, 15) is 9.59 Å². The first-order chi connectivity index (χ1) is 16.3. The molecule has 34 heavy (non-hydrogen) atoms. The fraction of sp³-hybridized carbons (Fsp3) is 0.391. The van der Waals surface area contributed by atoms with Crippen LogP contribution in [0.2, 0.25) is 0 Å². The van der Waals surface area contributed by atoms with E-state index in [1.807, 2.05) is 19.9 Å². The lowest BCUT2D eigenvalue weighted by Crippen LogP contribution is -2.43. The van der Waals surface area contributed by atoms with Gasteiger partial charge in [0.15, 0.2) is 5.65 Å². The molecule has 0 radical (unpaired) electrons. The van der Waals surface area contributed by atoms with Crippen molar-refractivity contribution in [1.29, 1.82) is 5.26 Å². The summed E-state index contributed by atoms with van der Waals surface area (Å²) in [5.74, 6) is -0.230. The Morgan fingerprint density at radius 1 is 1.09 bits per heavy atom. The van der Waals surface area contributed by atoms with E-state index < -0.39 is 6.09 Å². The fourth-order valence-corrected chi connectivity index (χ4v) is 4.14. The molecule has 1 fully saturated rings. The Balaban J connectivity index is 1.55. The molecule has 2 amide bonds. The number of pyridine rings is 1. The van der Waals surface area contributed by atoms with Crippen LogP contribution < -0.4 is 16.0 Å². The maximum atomic E-state index is 13.1. The first-order valence-corrected chi connectivity index (χ1v) is 11.1. The number of rotatable bonds is 6. The van der Waals surface area contributed by atoms with Crippen LogP contribution in [0, 0.1) is 11.3 Å². The van der Waals surface area contributed by atoms with E-state index in [2.05, 4.69) is 31.0 Å². The summed E-state index contributed by atoms with van der Waals surface area (Å²) in [5, 5.41) is 31.1. The number of carbonyl (C=O) groups excluding carboxylic acids is 1. The van der Waals surface area contributed by atoms with Crippen LogP contribution in [0.3, 0.4) is 0 Å². The average Bonchev–Trinajstić information content (AvgIpc) is 3.22. The van der Waals surface area contributed by atoms with E-state index in [0.717, 1.165) is 0 Å². The highest BCUT2D eigenvalue weighted by atomic mass is 16.4. The molecular weight excluding hydrogens is 436 g/mol. The number of aromatic nitrogens is 4. The van der Waals surface area contributed by atoms with Crippen molar-refractivity contribution in [2.24, 2.45) is 0 Å². The van der Waals surface area contributed by atoms with E-state index in [1.54, 1.807) is 22.8 Å². The first-order valence-electron chi connectivity index (χ1n) is 11.1. The molecule has 11 heteroatoms. The highest BCUT2D eigenvalue weighted by Crippen LogP contribution is 2.26. The quantitative estimate of drug-likeness (QED) is 0.435. The summed E-state index contributed by atoms with van der Waals surface area (Å²) < 4.78 is 1.60. The predicted molar refractivity (Wildman–Crippen MR) is 124 cm³/mol.